The molecule has 1 saturated heterocycles. The van der Waals surface area contributed by atoms with E-state index in [1.54, 1.807) is 6.07 Å². The summed E-state index contributed by atoms with van der Waals surface area (Å²) in [4.78, 5) is 21.3. The van der Waals surface area contributed by atoms with E-state index in [9.17, 15) is 25.2 Å². The van der Waals surface area contributed by atoms with E-state index in [1.165, 1.54) is 12.1 Å². The first-order valence-electron chi connectivity index (χ1n) is 7.89. The molecular weight excluding hydrogens is 336 g/mol. The fraction of sp³-hybridized carbons (Fsp3) is 0.562. The second-order valence-corrected chi connectivity index (χ2v) is 5.77. The highest BCUT2D eigenvalue weighted by Gasteiger charge is 2.45. The van der Waals surface area contributed by atoms with Crippen molar-refractivity contribution in [3.8, 4) is 5.75 Å². The molecule has 2 rings (SSSR count). The molecule has 0 spiro atoms. The molecule has 1 heterocycles. The van der Waals surface area contributed by atoms with Gasteiger partial charge in [0, 0.05) is 0 Å². The van der Waals surface area contributed by atoms with E-state index < -0.39 is 43.3 Å². The van der Waals surface area contributed by atoms with Gasteiger partial charge in [0.15, 0.2) is 0 Å². The maximum atomic E-state index is 12.1. The highest BCUT2D eigenvalue weighted by atomic mass is 17.2. The molecule has 140 valence electrons. The first-order valence-corrected chi connectivity index (χ1v) is 7.89. The number of ether oxygens (including phenoxy) is 1. The van der Waals surface area contributed by atoms with E-state index in [2.05, 4.69) is 4.89 Å². The molecule has 9 heteroatoms. The molecule has 5 N–H and O–H groups in total. The van der Waals surface area contributed by atoms with E-state index in [4.69, 9.17) is 14.7 Å². The number of benzene rings is 1. The molecule has 1 aliphatic rings. The standard InChI is InChI=1S/C16H22O9/c1-2-3-8-4-5-10(18)9(6-8)15(22)24-25-16-14(21)13(20)12(19)11(7-17)23-16/h4-6,11-14,16-21H,2-3,7H2,1H3/t11-,12-,13+,14-,16?/m1/s1. The van der Waals surface area contributed by atoms with Crippen molar-refractivity contribution in [2.75, 3.05) is 6.61 Å². The van der Waals surface area contributed by atoms with Gasteiger partial charge in [-0.15, -0.1) is 4.89 Å². The Hall–Kier alpha value is -1.75. The van der Waals surface area contributed by atoms with Crippen LogP contribution in [-0.2, 0) is 20.9 Å². The minimum absolute atomic E-state index is 0.129. The number of carbonyl (C=O) groups is 1. The molecule has 1 aromatic carbocycles. The zero-order chi connectivity index (χ0) is 18.6. The molecule has 0 aromatic heterocycles. The van der Waals surface area contributed by atoms with Crippen molar-refractivity contribution in [1.29, 1.82) is 0 Å². The zero-order valence-electron chi connectivity index (χ0n) is 13.6. The van der Waals surface area contributed by atoms with Crippen LogP contribution >= 0.6 is 0 Å². The Morgan fingerprint density at radius 1 is 1.20 bits per heavy atom. The van der Waals surface area contributed by atoms with Crippen LogP contribution in [-0.4, -0.2) is 68.8 Å². The first kappa shape index (κ1) is 19.6. The molecule has 0 aliphatic carbocycles. The number of hydrogen-bond acceptors (Lipinski definition) is 9. The van der Waals surface area contributed by atoms with Crippen LogP contribution in [0.1, 0.15) is 29.3 Å². The number of aryl methyl sites for hydroxylation is 1. The number of hydrogen-bond donors (Lipinski definition) is 5. The molecule has 5 atom stereocenters. The summed E-state index contributed by atoms with van der Waals surface area (Å²) in [6.45, 7) is 1.33. The second kappa shape index (κ2) is 8.56. The molecular formula is C16H22O9. The smallest absolute Gasteiger partial charge is 0.376 e. The van der Waals surface area contributed by atoms with Gasteiger partial charge in [0.2, 0.25) is 6.29 Å². The van der Waals surface area contributed by atoms with Gasteiger partial charge in [0.25, 0.3) is 0 Å². The minimum Gasteiger partial charge on any atom is -0.507 e. The van der Waals surface area contributed by atoms with Gasteiger partial charge in [-0.1, -0.05) is 19.4 Å². The number of aliphatic hydroxyl groups excluding tert-OH is 4. The number of phenols is 1. The Kier molecular flexibility index (Phi) is 6.71. The highest BCUT2D eigenvalue weighted by molar-refractivity contribution is 5.92. The highest BCUT2D eigenvalue weighted by Crippen LogP contribution is 2.24. The van der Waals surface area contributed by atoms with Crippen LogP contribution in [0.2, 0.25) is 0 Å². The fourth-order valence-corrected chi connectivity index (χ4v) is 2.47. The third-order valence-corrected chi connectivity index (χ3v) is 3.89. The van der Waals surface area contributed by atoms with Gasteiger partial charge in [0.1, 0.15) is 35.7 Å². The lowest BCUT2D eigenvalue weighted by Crippen LogP contribution is -2.59. The minimum atomic E-state index is -1.70. The second-order valence-electron chi connectivity index (χ2n) is 5.77. The van der Waals surface area contributed by atoms with Crippen LogP contribution < -0.4 is 0 Å². The Labute approximate surface area is 143 Å². The van der Waals surface area contributed by atoms with E-state index in [1.807, 2.05) is 6.92 Å². The number of carbonyl (C=O) groups excluding carboxylic acids is 1. The third-order valence-electron chi connectivity index (χ3n) is 3.89. The van der Waals surface area contributed by atoms with E-state index in [0.717, 1.165) is 12.0 Å². The van der Waals surface area contributed by atoms with Gasteiger partial charge in [0.05, 0.1) is 6.61 Å². The first-order chi connectivity index (χ1) is 11.9. The summed E-state index contributed by atoms with van der Waals surface area (Å²) >= 11 is 0. The van der Waals surface area contributed by atoms with Gasteiger partial charge < -0.3 is 30.3 Å². The van der Waals surface area contributed by atoms with Crippen LogP contribution in [0.4, 0.5) is 0 Å². The lowest BCUT2D eigenvalue weighted by Gasteiger charge is -2.38. The van der Waals surface area contributed by atoms with Gasteiger partial charge in [-0.3, -0.25) is 4.89 Å². The van der Waals surface area contributed by atoms with E-state index in [-0.39, 0.29) is 11.3 Å². The lowest BCUT2D eigenvalue weighted by molar-refractivity contribution is -0.399. The van der Waals surface area contributed by atoms with E-state index in [0.29, 0.717) is 6.42 Å². The van der Waals surface area contributed by atoms with Crippen LogP contribution in [0.3, 0.4) is 0 Å². The Morgan fingerprint density at radius 2 is 1.92 bits per heavy atom. The Balaban J connectivity index is 2.03. The summed E-state index contributed by atoms with van der Waals surface area (Å²) in [5, 5.41) is 47.9. The SMILES string of the molecule is CCCc1ccc(O)c(C(=O)OOC2O[C@H](CO)[C@@H](O)[C@H](O)[C@H]2O)c1. The monoisotopic (exact) mass is 358 g/mol. The fourth-order valence-electron chi connectivity index (χ4n) is 2.47. The molecule has 0 bridgehead atoms. The van der Waals surface area contributed by atoms with Crippen molar-refractivity contribution < 1.29 is 44.8 Å². The van der Waals surface area contributed by atoms with Crippen molar-refractivity contribution in [1.82, 2.24) is 0 Å². The summed E-state index contributed by atoms with van der Waals surface area (Å²) in [5.74, 6) is -1.32. The van der Waals surface area contributed by atoms with Crippen LogP contribution in [0.5, 0.6) is 5.75 Å². The maximum Gasteiger partial charge on any atom is 0.376 e. The van der Waals surface area contributed by atoms with Crippen LogP contribution in [0.25, 0.3) is 0 Å². The molecule has 1 fully saturated rings. The lowest BCUT2D eigenvalue weighted by atomic mass is 9.99. The van der Waals surface area contributed by atoms with Crippen molar-refractivity contribution in [2.45, 2.75) is 50.5 Å². The summed E-state index contributed by atoms with van der Waals surface area (Å²) in [6, 6.07) is 4.49. The van der Waals surface area contributed by atoms with Crippen molar-refractivity contribution in [3.05, 3.63) is 29.3 Å². The number of aliphatic hydroxyl groups is 4. The number of rotatable bonds is 6. The molecule has 0 radical (unpaired) electrons. The molecule has 25 heavy (non-hydrogen) atoms. The molecule has 0 saturated carbocycles. The molecule has 1 aromatic rings. The average molecular weight is 358 g/mol. The zero-order valence-corrected chi connectivity index (χ0v) is 13.6. The maximum absolute atomic E-state index is 12.1. The third kappa shape index (κ3) is 4.46. The van der Waals surface area contributed by atoms with Gasteiger partial charge >= 0.3 is 5.97 Å². The summed E-state index contributed by atoms with van der Waals surface area (Å²) < 4.78 is 5.04. The normalized spacial score (nSPS) is 29.4. The Bertz CT molecular complexity index is 589. The average Bonchev–Trinajstić information content (AvgIpc) is 2.60. The number of phenolic OH excluding ortho intramolecular Hbond substituents is 1. The summed E-state index contributed by atoms with van der Waals surface area (Å²) in [5.41, 5.74) is 0.690. The summed E-state index contributed by atoms with van der Waals surface area (Å²) in [7, 11) is 0. The van der Waals surface area contributed by atoms with Gasteiger partial charge in [-0.2, -0.15) is 0 Å². The molecule has 1 unspecified atom stereocenters. The predicted molar refractivity (Wildman–Crippen MR) is 82.4 cm³/mol. The quantitative estimate of drug-likeness (QED) is 0.327. The van der Waals surface area contributed by atoms with E-state index >= 15 is 0 Å². The van der Waals surface area contributed by atoms with Crippen molar-refractivity contribution >= 4 is 5.97 Å². The van der Waals surface area contributed by atoms with Gasteiger partial charge in [-0.25, -0.2) is 4.79 Å². The molecule has 0 amide bonds. The topological polar surface area (TPSA) is 146 Å². The Morgan fingerprint density at radius 3 is 2.56 bits per heavy atom. The molecule has 1 aliphatic heterocycles. The predicted octanol–water partition coefficient (Wildman–Crippen LogP) is -0.767. The largest absolute Gasteiger partial charge is 0.507 e. The van der Waals surface area contributed by atoms with Crippen molar-refractivity contribution in [2.24, 2.45) is 0 Å². The summed E-state index contributed by atoms with van der Waals surface area (Å²) in [6.07, 6.45) is -6.16. The molecule has 9 nitrogen and oxygen atoms in total. The van der Waals surface area contributed by atoms with Crippen LogP contribution in [0, 0.1) is 0 Å². The van der Waals surface area contributed by atoms with Gasteiger partial charge in [-0.05, 0) is 24.1 Å². The van der Waals surface area contributed by atoms with Crippen molar-refractivity contribution in [3.63, 3.8) is 0 Å². The van der Waals surface area contributed by atoms with Crippen LogP contribution in [0.15, 0.2) is 18.2 Å². The number of aromatic hydroxyl groups is 1.